The van der Waals surface area contributed by atoms with Gasteiger partial charge in [0.15, 0.2) is 0 Å². The highest BCUT2D eigenvalue weighted by Crippen LogP contribution is 2.58. The van der Waals surface area contributed by atoms with Crippen LogP contribution < -0.4 is 0 Å². The Kier molecular flexibility index (Phi) is 6.55. The molecule has 2 fully saturated rings. The summed E-state index contributed by atoms with van der Waals surface area (Å²) in [7, 11) is -10.1. The molecule has 2 aliphatic rings. The third-order valence-electron chi connectivity index (χ3n) is 5.49. The summed E-state index contributed by atoms with van der Waals surface area (Å²) in [6, 6.07) is 0. The lowest BCUT2D eigenvalue weighted by Crippen LogP contribution is -2.53. The highest BCUT2D eigenvalue weighted by Gasteiger charge is 2.72. The zero-order valence-electron chi connectivity index (χ0n) is 14.8. The Morgan fingerprint density at radius 2 is 1.59 bits per heavy atom. The lowest BCUT2D eigenvalue weighted by molar-refractivity contribution is -0.204. The first-order valence-corrected chi connectivity index (χ1v) is 11.9. The topological polar surface area (TPSA) is 97.7 Å². The van der Waals surface area contributed by atoms with Gasteiger partial charge in [0.25, 0.3) is 10.1 Å². The molecule has 0 radical (unpaired) electrons. The molecular formula is C15H24F4O6S2. The highest BCUT2D eigenvalue weighted by atomic mass is 32.2. The van der Waals surface area contributed by atoms with E-state index in [1.165, 1.54) is 0 Å². The van der Waals surface area contributed by atoms with Gasteiger partial charge in [-0.3, -0.25) is 8.74 Å². The van der Waals surface area contributed by atoms with Crippen molar-refractivity contribution in [1.29, 1.82) is 0 Å². The van der Waals surface area contributed by atoms with Gasteiger partial charge in [0.2, 0.25) is 0 Å². The van der Waals surface area contributed by atoms with Gasteiger partial charge in [0, 0.05) is 5.92 Å². The molecule has 0 amide bonds. The van der Waals surface area contributed by atoms with Crippen LogP contribution in [0.25, 0.3) is 0 Å². The van der Waals surface area contributed by atoms with E-state index in [0.717, 1.165) is 19.3 Å². The Bertz CT molecular complexity index is 737. The van der Waals surface area contributed by atoms with Gasteiger partial charge in [-0.1, -0.05) is 26.2 Å². The fourth-order valence-corrected chi connectivity index (χ4v) is 5.88. The second-order valence-corrected chi connectivity index (χ2v) is 10.6. The zero-order chi connectivity index (χ0) is 20.7. The molecule has 160 valence electrons. The molecule has 0 aromatic heterocycles. The smallest absolute Gasteiger partial charge is 0.281 e. The Morgan fingerprint density at radius 1 is 0.963 bits per heavy atom. The summed E-state index contributed by atoms with van der Waals surface area (Å²) in [5.74, 6) is -8.79. The molecule has 0 spiro atoms. The predicted molar refractivity (Wildman–Crippen MR) is 88.6 cm³/mol. The van der Waals surface area contributed by atoms with Crippen molar-refractivity contribution >= 4 is 20.2 Å². The fourth-order valence-electron chi connectivity index (χ4n) is 4.11. The van der Waals surface area contributed by atoms with Crippen LogP contribution in [0.1, 0.15) is 51.9 Å². The van der Waals surface area contributed by atoms with E-state index in [-0.39, 0.29) is 18.6 Å². The molecular weight excluding hydrogens is 416 g/mol. The van der Waals surface area contributed by atoms with Crippen LogP contribution in [0.2, 0.25) is 0 Å². The number of fused-ring (bicyclic) bond motifs is 2. The summed E-state index contributed by atoms with van der Waals surface area (Å²) in [5.41, 5.74) is 0. The molecule has 27 heavy (non-hydrogen) atoms. The van der Waals surface area contributed by atoms with Crippen LogP contribution in [0.15, 0.2) is 0 Å². The average Bonchev–Trinajstić information content (AvgIpc) is 3.10. The fraction of sp³-hybridized carbons (Fsp3) is 1.00. The monoisotopic (exact) mass is 440 g/mol. The van der Waals surface area contributed by atoms with Crippen molar-refractivity contribution < 1.29 is 43.1 Å². The minimum absolute atomic E-state index is 0.0534. The number of hydrogen-bond donors (Lipinski definition) is 1. The molecule has 12 heteroatoms. The van der Waals surface area contributed by atoms with Crippen molar-refractivity contribution in [3.8, 4) is 0 Å². The second-order valence-electron chi connectivity index (χ2n) is 7.41. The number of halogens is 4. The molecule has 0 saturated heterocycles. The molecule has 4 atom stereocenters. The molecule has 0 aromatic rings. The van der Waals surface area contributed by atoms with Gasteiger partial charge in [-0.05, 0) is 37.5 Å². The zero-order valence-corrected chi connectivity index (χ0v) is 16.4. The van der Waals surface area contributed by atoms with Crippen LogP contribution in [-0.4, -0.2) is 44.4 Å². The lowest BCUT2D eigenvalue weighted by atomic mass is 9.83. The van der Waals surface area contributed by atoms with E-state index in [2.05, 4.69) is 0 Å². The Balaban J connectivity index is 2.00. The highest BCUT2D eigenvalue weighted by molar-refractivity contribution is 7.87. The molecule has 4 unspecified atom stereocenters. The van der Waals surface area contributed by atoms with Crippen LogP contribution in [0.5, 0.6) is 0 Å². The van der Waals surface area contributed by atoms with Crippen molar-refractivity contribution in [3.63, 3.8) is 0 Å². The number of unbranched alkanes of at least 4 members (excludes halogenated alkanes) is 3. The molecule has 0 aromatic carbocycles. The standard InChI is InChI=1S/C15H24F4O6S2/c1-2-3-4-5-6-26(20,21)25-13-9-10-7-11(13)8-12(10)14(16,17)15(18,19)27(22,23)24/h10-13H,2-9H2,1H3,(H,22,23,24). The van der Waals surface area contributed by atoms with Crippen LogP contribution in [0, 0.1) is 17.8 Å². The maximum Gasteiger partial charge on any atom is 0.431 e. The predicted octanol–water partition coefficient (Wildman–Crippen LogP) is 3.44. The molecule has 0 aliphatic heterocycles. The van der Waals surface area contributed by atoms with E-state index in [0.29, 0.717) is 6.42 Å². The van der Waals surface area contributed by atoms with Crippen molar-refractivity contribution in [2.75, 3.05) is 5.75 Å². The van der Waals surface area contributed by atoms with Gasteiger partial charge >= 0.3 is 21.3 Å². The number of hydrogen-bond acceptors (Lipinski definition) is 5. The maximum atomic E-state index is 14.1. The van der Waals surface area contributed by atoms with Crippen LogP contribution >= 0.6 is 0 Å². The van der Waals surface area contributed by atoms with E-state index in [1.807, 2.05) is 6.92 Å². The molecule has 6 nitrogen and oxygen atoms in total. The van der Waals surface area contributed by atoms with Crippen molar-refractivity contribution in [2.45, 2.75) is 69.2 Å². The first-order valence-electron chi connectivity index (χ1n) is 8.86. The van der Waals surface area contributed by atoms with Crippen molar-refractivity contribution in [3.05, 3.63) is 0 Å². The summed E-state index contributed by atoms with van der Waals surface area (Å²) in [5, 5.41) is -5.60. The van der Waals surface area contributed by atoms with Gasteiger partial charge < -0.3 is 0 Å². The van der Waals surface area contributed by atoms with Crippen LogP contribution in [-0.2, 0) is 24.4 Å². The third-order valence-corrected chi connectivity index (χ3v) is 7.74. The van der Waals surface area contributed by atoms with E-state index in [4.69, 9.17) is 8.74 Å². The second kappa shape index (κ2) is 7.75. The maximum absolute atomic E-state index is 14.1. The summed E-state index contributed by atoms with van der Waals surface area (Å²) in [4.78, 5) is 0. The van der Waals surface area contributed by atoms with Crippen molar-refractivity contribution in [2.24, 2.45) is 17.8 Å². The SMILES string of the molecule is CCCCCCS(=O)(=O)OC1CC2CC1CC2C(F)(F)C(F)(F)S(=O)(=O)O. The molecule has 2 bridgehead atoms. The molecule has 2 aliphatic carbocycles. The Morgan fingerprint density at radius 3 is 2.07 bits per heavy atom. The van der Waals surface area contributed by atoms with Crippen LogP contribution in [0.3, 0.4) is 0 Å². The lowest BCUT2D eigenvalue weighted by Gasteiger charge is -2.35. The van der Waals surface area contributed by atoms with Gasteiger partial charge in [-0.2, -0.15) is 34.4 Å². The Hall–Kier alpha value is -0.460. The van der Waals surface area contributed by atoms with E-state index in [1.54, 1.807) is 0 Å². The summed E-state index contributed by atoms with van der Waals surface area (Å²) in [6.07, 6.45) is 1.47. The van der Waals surface area contributed by atoms with Gasteiger partial charge in [0.1, 0.15) is 0 Å². The first-order chi connectivity index (χ1) is 12.2. The molecule has 0 heterocycles. The van der Waals surface area contributed by atoms with Gasteiger partial charge in [0.05, 0.1) is 11.9 Å². The van der Waals surface area contributed by atoms with Gasteiger partial charge in [-0.15, -0.1) is 0 Å². The normalized spacial score (nSPS) is 29.4. The largest absolute Gasteiger partial charge is 0.431 e. The first kappa shape index (κ1) is 22.8. The van der Waals surface area contributed by atoms with Crippen molar-refractivity contribution in [1.82, 2.24) is 0 Å². The molecule has 2 rings (SSSR count). The number of rotatable bonds is 10. The minimum Gasteiger partial charge on any atom is -0.281 e. The summed E-state index contributed by atoms with van der Waals surface area (Å²) < 4.78 is 114. The molecule has 2 saturated carbocycles. The third kappa shape index (κ3) is 4.59. The van der Waals surface area contributed by atoms with Crippen LogP contribution in [0.4, 0.5) is 17.6 Å². The Labute approximate surface area is 156 Å². The average molecular weight is 440 g/mol. The van der Waals surface area contributed by atoms with E-state index in [9.17, 15) is 34.4 Å². The minimum atomic E-state index is -6.28. The van der Waals surface area contributed by atoms with E-state index >= 15 is 0 Å². The quantitative estimate of drug-likeness (QED) is 0.242. The number of alkyl halides is 4. The van der Waals surface area contributed by atoms with Gasteiger partial charge in [-0.25, -0.2) is 0 Å². The summed E-state index contributed by atoms with van der Waals surface area (Å²) in [6.45, 7) is 1.97. The van der Waals surface area contributed by atoms with E-state index < -0.39 is 61.7 Å². The molecule has 1 N–H and O–H groups in total. The summed E-state index contributed by atoms with van der Waals surface area (Å²) >= 11 is 0.